The molecule has 0 radical (unpaired) electrons. The molecule has 3 rings (SSSR count). The molecule has 4 amide bonds. The Bertz CT molecular complexity index is 1320. The Morgan fingerprint density at radius 3 is 1.96 bits per heavy atom. The van der Waals surface area contributed by atoms with E-state index < -0.39 is 30.0 Å². The lowest BCUT2D eigenvalue weighted by molar-refractivity contribution is -0.144. The van der Waals surface area contributed by atoms with Crippen molar-refractivity contribution in [1.82, 2.24) is 20.4 Å². The van der Waals surface area contributed by atoms with Crippen molar-refractivity contribution in [1.29, 1.82) is 0 Å². The van der Waals surface area contributed by atoms with E-state index in [-0.39, 0.29) is 48.8 Å². The normalized spacial score (nSPS) is 19.7. The summed E-state index contributed by atoms with van der Waals surface area (Å²) in [5.74, 6) is -2.00. The molecule has 0 bridgehead atoms. The van der Waals surface area contributed by atoms with Crippen LogP contribution in [-0.4, -0.2) is 84.0 Å². The van der Waals surface area contributed by atoms with Crippen molar-refractivity contribution in [3.8, 4) is 0 Å². The zero-order valence-electron chi connectivity index (χ0n) is 34.9. The first kappa shape index (κ1) is 46.1. The minimum absolute atomic E-state index is 0.0178. The van der Waals surface area contributed by atoms with Gasteiger partial charge in [0.25, 0.3) is 0 Å². The smallest absolute Gasteiger partial charge is 0.246 e. The Morgan fingerprint density at radius 1 is 0.800 bits per heavy atom. The number of nitrogens with zero attached hydrogens (tertiary/aromatic N) is 2. The summed E-state index contributed by atoms with van der Waals surface area (Å²) in [6.45, 7) is 4.82. The van der Waals surface area contributed by atoms with Crippen LogP contribution in [0.1, 0.15) is 166 Å². The number of carbonyl (C=O) groups is 5. The van der Waals surface area contributed by atoms with Gasteiger partial charge < -0.3 is 21.3 Å². The summed E-state index contributed by atoms with van der Waals surface area (Å²) in [6.07, 6.45) is 22.7. The summed E-state index contributed by atoms with van der Waals surface area (Å²) >= 11 is 0. The molecule has 0 aromatic heterocycles. The minimum atomic E-state index is -0.719. The highest BCUT2D eigenvalue weighted by Gasteiger charge is 2.44. The fourth-order valence-electron chi connectivity index (χ4n) is 8.40. The van der Waals surface area contributed by atoms with E-state index in [1.165, 1.54) is 70.6 Å². The maximum atomic E-state index is 14.2. The number of benzene rings is 1. The van der Waals surface area contributed by atoms with E-state index in [4.69, 9.17) is 5.73 Å². The van der Waals surface area contributed by atoms with Crippen LogP contribution in [0.25, 0.3) is 0 Å². The zero-order chi connectivity index (χ0) is 40.0. The highest BCUT2D eigenvalue weighted by molar-refractivity contribution is 5.96. The number of likely N-dealkylation sites (N-methyl/N-ethyl adjacent to an activating group) is 1. The molecule has 0 spiro atoms. The van der Waals surface area contributed by atoms with Gasteiger partial charge in [0.05, 0.1) is 12.1 Å². The Kier molecular flexibility index (Phi) is 21.6. The van der Waals surface area contributed by atoms with Crippen LogP contribution in [0.15, 0.2) is 24.3 Å². The topological polar surface area (TPSA) is 142 Å². The van der Waals surface area contributed by atoms with Crippen molar-refractivity contribution in [2.24, 2.45) is 11.7 Å². The second kappa shape index (κ2) is 25.8. The maximum Gasteiger partial charge on any atom is 0.246 e. The number of amides is 4. The summed E-state index contributed by atoms with van der Waals surface area (Å²) in [5, 5.41) is 6.10. The predicted molar refractivity (Wildman–Crippen MR) is 221 cm³/mol. The van der Waals surface area contributed by atoms with E-state index in [2.05, 4.69) is 17.6 Å². The van der Waals surface area contributed by atoms with Gasteiger partial charge in [-0.1, -0.05) is 133 Å². The second-order valence-electron chi connectivity index (χ2n) is 16.8. The number of unbranched alkanes of at least 4 members (excludes halogenated alkanes) is 13. The molecule has 310 valence electrons. The lowest BCUT2D eigenvalue weighted by Crippen LogP contribution is -2.57. The van der Waals surface area contributed by atoms with Gasteiger partial charge in [0.1, 0.15) is 6.04 Å². The van der Waals surface area contributed by atoms with Crippen molar-refractivity contribution in [3.63, 3.8) is 0 Å². The SMILES string of the molecule is CCCCCCCCCCCCCCCCNC(=O)[C@H](CCC(N)=O)CC(=O)[C@@H]1CC[C@@H]2CCCCC(NC(=O)[C@H](Cc3ccc(C)cc3)N(C)C)C(=O)N21. The quantitative estimate of drug-likeness (QED) is 0.0802. The van der Waals surface area contributed by atoms with Gasteiger partial charge in [0, 0.05) is 31.3 Å². The largest absolute Gasteiger partial charge is 0.370 e. The van der Waals surface area contributed by atoms with E-state index in [0.717, 1.165) is 49.7 Å². The number of primary amides is 1. The third-order valence-corrected chi connectivity index (χ3v) is 11.9. The van der Waals surface area contributed by atoms with Gasteiger partial charge >= 0.3 is 0 Å². The molecule has 1 aromatic rings. The molecule has 2 aliphatic rings. The molecular weight excluding hydrogens is 691 g/mol. The van der Waals surface area contributed by atoms with Crippen LogP contribution in [-0.2, 0) is 30.4 Å². The highest BCUT2D eigenvalue weighted by Crippen LogP contribution is 2.33. The number of fused-ring (bicyclic) bond motifs is 1. The van der Waals surface area contributed by atoms with E-state index in [1.807, 2.05) is 50.2 Å². The summed E-state index contributed by atoms with van der Waals surface area (Å²) in [7, 11) is 3.74. The molecule has 4 N–H and O–H groups in total. The third kappa shape index (κ3) is 16.8. The average Bonchev–Trinajstić information content (AvgIpc) is 3.57. The number of carbonyl (C=O) groups excluding carboxylic acids is 5. The molecule has 10 nitrogen and oxygen atoms in total. The van der Waals surface area contributed by atoms with Gasteiger partial charge in [-0.2, -0.15) is 0 Å². The van der Waals surface area contributed by atoms with Gasteiger partial charge in [0.2, 0.25) is 23.6 Å². The number of aryl methyl sites for hydroxylation is 1. The molecule has 0 aliphatic carbocycles. The van der Waals surface area contributed by atoms with Crippen LogP contribution >= 0.6 is 0 Å². The van der Waals surface area contributed by atoms with E-state index in [9.17, 15) is 24.0 Å². The summed E-state index contributed by atoms with van der Waals surface area (Å²) in [4.78, 5) is 70.6. The standard InChI is InChI=1S/C45H75N5O5/c1-5-6-7-8-9-10-11-12-13-14-15-16-17-20-31-47-43(53)36(27-30-42(46)52)33-41(51)39-29-28-37-21-18-19-22-38(45(55)50(37)39)48-44(54)40(49(3)4)32-35-25-23-34(2)24-26-35/h23-26,36-40H,5-22,27-33H2,1-4H3,(H2,46,52)(H,47,53)(H,48,54)/t36-,37+,38?,39+,40+/m1/s1. The first-order valence-electron chi connectivity index (χ1n) is 21.9. The van der Waals surface area contributed by atoms with Crippen LogP contribution in [0.2, 0.25) is 0 Å². The molecule has 1 aromatic carbocycles. The molecule has 55 heavy (non-hydrogen) atoms. The van der Waals surface area contributed by atoms with Gasteiger partial charge in [-0.3, -0.25) is 28.9 Å². The number of Topliss-reactive ketones (excluding diaryl/α,β-unsaturated/α-hetero) is 1. The van der Waals surface area contributed by atoms with Crippen molar-refractivity contribution < 1.29 is 24.0 Å². The Balaban J connectivity index is 1.50. The van der Waals surface area contributed by atoms with Crippen molar-refractivity contribution in [2.45, 2.75) is 192 Å². The maximum absolute atomic E-state index is 14.2. The second-order valence-corrected chi connectivity index (χ2v) is 16.8. The number of nitrogens with one attached hydrogen (secondary N) is 2. The number of hydrogen-bond acceptors (Lipinski definition) is 6. The van der Waals surface area contributed by atoms with Crippen LogP contribution in [0.5, 0.6) is 0 Å². The first-order valence-corrected chi connectivity index (χ1v) is 21.9. The van der Waals surface area contributed by atoms with E-state index in [1.54, 1.807) is 4.90 Å². The number of nitrogens with two attached hydrogens (primary N) is 1. The van der Waals surface area contributed by atoms with Gasteiger partial charge in [-0.25, -0.2) is 0 Å². The number of hydrogen-bond donors (Lipinski definition) is 3. The van der Waals surface area contributed by atoms with Crippen molar-refractivity contribution in [3.05, 3.63) is 35.4 Å². The number of ketones is 1. The Labute approximate surface area is 332 Å². The minimum Gasteiger partial charge on any atom is -0.370 e. The average molecular weight is 766 g/mol. The lowest BCUT2D eigenvalue weighted by Gasteiger charge is -2.36. The van der Waals surface area contributed by atoms with Crippen molar-refractivity contribution >= 4 is 29.4 Å². The Morgan fingerprint density at radius 2 is 1.38 bits per heavy atom. The van der Waals surface area contributed by atoms with E-state index >= 15 is 0 Å². The van der Waals surface area contributed by atoms with Gasteiger partial charge in [0.15, 0.2) is 5.78 Å². The molecule has 2 saturated heterocycles. The molecule has 2 heterocycles. The fraction of sp³-hybridized carbons (Fsp3) is 0.756. The monoisotopic (exact) mass is 766 g/mol. The summed E-state index contributed by atoms with van der Waals surface area (Å²) in [5.41, 5.74) is 7.66. The number of rotatable bonds is 27. The predicted octanol–water partition coefficient (Wildman–Crippen LogP) is 7.32. The third-order valence-electron chi connectivity index (χ3n) is 11.9. The fourth-order valence-corrected chi connectivity index (χ4v) is 8.40. The summed E-state index contributed by atoms with van der Waals surface area (Å²) in [6, 6.07) is 6.23. The Hall–Kier alpha value is -3.27. The zero-order valence-corrected chi connectivity index (χ0v) is 34.9. The highest BCUT2D eigenvalue weighted by atomic mass is 16.2. The molecule has 2 aliphatic heterocycles. The van der Waals surface area contributed by atoms with Crippen LogP contribution < -0.4 is 16.4 Å². The molecule has 5 atom stereocenters. The van der Waals surface area contributed by atoms with Gasteiger partial charge in [-0.05, 0) is 71.5 Å². The molecule has 2 fully saturated rings. The van der Waals surface area contributed by atoms with Gasteiger partial charge in [-0.15, -0.1) is 0 Å². The van der Waals surface area contributed by atoms with Crippen molar-refractivity contribution in [2.75, 3.05) is 20.6 Å². The van der Waals surface area contributed by atoms with E-state index in [0.29, 0.717) is 32.2 Å². The molecule has 1 unspecified atom stereocenters. The molecule has 0 saturated carbocycles. The molecule has 10 heteroatoms. The first-order chi connectivity index (χ1) is 26.5. The van der Waals surface area contributed by atoms with Crippen LogP contribution in [0.4, 0.5) is 0 Å². The lowest BCUT2D eigenvalue weighted by atomic mass is 9.92. The van der Waals surface area contributed by atoms with Crippen LogP contribution in [0, 0.1) is 12.8 Å². The van der Waals surface area contributed by atoms with Crippen LogP contribution in [0.3, 0.4) is 0 Å². The molecular formula is C45H75N5O5. The summed E-state index contributed by atoms with van der Waals surface area (Å²) < 4.78 is 0.